The number of esters is 1. The molecule has 2 aromatic rings. The Morgan fingerprint density at radius 2 is 1.70 bits per heavy atom. The van der Waals surface area contributed by atoms with Gasteiger partial charge in [0.25, 0.3) is 27.7 Å². The Hall–Kier alpha value is -3.84. The van der Waals surface area contributed by atoms with Crippen molar-refractivity contribution in [3.63, 3.8) is 0 Å². The maximum atomic E-state index is 12.6. The minimum Gasteiger partial charge on any atom is -0.468 e. The highest BCUT2D eigenvalue weighted by Gasteiger charge is 2.21. The number of carbonyl (C=O) groups is 4. The number of aromatic nitrogens is 1. The van der Waals surface area contributed by atoms with E-state index in [1.165, 1.54) is 44.6 Å². The van der Waals surface area contributed by atoms with Gasteiger partial charge in [-0.15, -0.1) is 0 Å². The van der Waals surface area contributed by atoms with Gasteiger partial charge in [-0.1, -0.05) is 6.07 Å². The number of methoxy groups -OCH3 is 2. The number of hydrogen-bond acceptors (Lipinski definition) is 9. The molecule has 0 aliphatic heterocycles. The number of hydrogen-bond donors (Lipinski definition) is 3. The fraction of sp³-hybridized carbons (Fsp3) is 0.250. The van der Waals surface area contributed by atoms with Gasteiger partial charge in [-0.25, -0.2) is 13.1 Å². The predicted octanol–water partition coefficient (Wildman–Crippen LogP) is -0.521. The number of nitrogens with zero attached hydrogens (tertiary/aromatic N) is 1. The van der Waals surface area contributed by atoms with Gasteiger partial charge in [0.2, 0.25) is 0 Å². The van der Waals surface area contributed by atoms with Crippen LogP contribution in [0.5, 0.6) is 0 Å². The van der Waals surface area contributed by atoms with Crippen LogP contribution in [-0.2, 0) is 24.3 Å². The molecule has 0 unspecified atom stereocenters. The molecule has 0 saturated carbocycles. The van der Waals surface area contributed by atoms with Crippen LogP contribution in [0, 0.1) is 0 Å². The largest absolute Gasteiger partial charge is 0.468 e. The molecular formula is C20H22N4O8S. The van der Waals surface area contributed by atoms with Crippen molar-refractivity contribution in [3.05, 3.63) is 59.4 Å². The minimum atomic E-state index is -4.30. The van der Waals surface area contributed by atoms with Crippen LogP contribution in [0.25, 0.3) is 0 Å². The molecule has 0 saturated heterocycles. The van der Waals surface area contributed by atoms with Crippen LogP contribution in [-0.4, -0.2) is 71.0 Å². The number of sulfonamides is 1. The molecule has 1 heterocycles. The average Bonchev–Trinajstić information content (AvgIpc) is 2.82. The van der Waals surface area contributed by atoms with Crippen molar-refractivity contribution in [3.8, 4) is 0 Å². The van der Waals surface area contributed by atoms with Crippen molar-refractivity contribution in [2.45, 2.75) is 4.90 Å². The zero-order chi connectivity index (χ0) is 24.4. The quantitative estimate of drug-likeness (QED) is 0.300. The summed E-state index contributed by atoms with van der Waals surface area (Å²) in [5.74, 6) is -2.82. The number of ether oxygens (including phenoxy) is 2. The summed E-state index contributed by atoms with van der Waals surface area (Å²) < 4.78 is 36.3. The minimum absolute atomic E-state index is 0.0883. The molecule has 0 bridgehead atoms. The van der Waals surface area contributed by atoms with Gasteiger partial charge in [-0.05, 0) is 30.3 Å². The van der Waals surface area contributed by atoms with E-state index in [0.29, 0.717) is 6.61 Å². The van der Waals surface area contributed by atoms with Crippen LogP contribution in [0.1, 0.15) is 31.2 Å². The molecule has 1 aromatic carbocycles. The van der Waals surface area contributed by atoms with Crippen molar-refractivity contribution in [1.82, 2.24) is 20.3 Å². The predicted molar refractivity (Wildman–Crippen MR) is 114 cm³/mol. The Morgan fingerprint density at radius 3 is 2.33 bits per heavy atom. The maximum absolute atomic E-state index is 12.6. The molecule has 3 N–H and O–H groups in total. The summed E-state index contributed by atoms with van der Waals surface area (Å²) in [5, 5.41) is 4.84. The Bertz CT molecular complexity index is 1130. The lowest BCUT2D eigenvalue weighted by Crippen LogP contribution is -2.32. The summed E-state index contributed by atoms with van der Waals surface area (Å²) in [6, 6.07) is 7.55. The first-order valence-electron chi connectivity index (χ1n) is 9.43. The molecule has 2 rings (SSSR count). The fourth-order valence-corrected chi connectivity index (χ4v) is 3.41. The molecule has 13 heteroatoms. The third-order valence-electron chi connectivity index (χ3n) is 4.10. The Labute approximate surface area is 189 Å². The Morgan fingerprint density at radius 1 is 0.939 bits per heavy atom. The molecule has 0 aliphatic rings. The first-order chi connectivity index (χ1) is 15.7. The van der Waals surface area contributed by atoms with E-state index < -0.39 is 33.7 Å². The monoisotopic (exact) mass is 478 g/mol. The lowest BCUT2D eigenvalue weighted by Gasteiger charge is -2.09. The second-order valence-corrected chi connectivity index (χ2v) is 8.08. The van der Waals surface area contributed by atoms with E-state index in [0.717, 1.165) is 12.3 Å². The summed E-state index contributed by atoms with van der Waals surface area (Å²) in [7, 11) is -1.65. The van der Waals surface area contributed by atoms with Crippen LogP contribution >= 0.6 is 0 Å². The van der Waals surface area contributed by atoms with Gasteiger partial charge in [0, 0.05) is 25.4 Å². The maximum Gasteiger partial charge on any atom is 0.325 e. The van der Waals surface area contributed by atoms with Crippen LogP contribution in [0.2, 0.25) is 0 Å². The van der Waals surface area contributed by atoms with E-state index >= 15 is 0 Å². The van der Waals surface area contributed by atoms with Gasteiger partial charge in [-0.3, -0.25) is 24.2 Å². The lowest BCUT2D eigenvalue weighted by molar-refractivity contribution is -0.139. The molecule has 3 amide bonds. The van der Waals surface area contributed by atoms with Gasteiger partial charge < -0.3 is 20.1 Å². The first-order valence-corrected chi connectivity index (χ1v) is 10.9. The molecule has 176 valence electrons. The van der Waals surface area contributed by atoms with Crippen LogP contribution in [0.15, 0.2) is 47.5 Å². The number of benzene rings is 1. The van der Waals surface area contributed by atoms with Gasteiger partial charge in [-0.2, -0.15) is 0 Å². The van der Waals surface area contributed by atoms with E-state index in [2.05, 4.69) is 20.4 Å². The van der Waals surface area contributed by atoms with E-state index in [1.54, 1.807) is 0 Å². The molecule has 0 radical (unpaired) electrons. The van der Waals surface area contributed by atoms with Gasteiger partial charge in [0.1, 0.15) is 12.2 Å². The summed E-state index contributed by atoms with van der Waals surface area (Å²) >= 11 is 0. The molecule has 0 aliphatic carbocycles. The van der Waals surface area contributed by atoms with Crippen molar-refractivity contribution in [2.24, 2.45) is 0 Å². The summed E-state index contributed by atoms with van der Waals surface area (Å²) in [6.45, 7) is 0.174. The fourth-order valence-electron chi connectivity index (χ4n) is 2.39. The number of carbonyl (C=O) groups excluding carboxylic acids is 4. The average molecular weight is 478 g/mol. The molecule has 0 fully saturated rings. The Balaban J connectivity index is 2.07. The SMILES string of the molecule is COCCNC(=O)c1cccc(S(=O)(=O)NC(=O)c2ccc(C(=O)NCC(=O)OC)nc2)c1. The number of amides is 3. The second-order valence-electron chi connectivity index (χ2n) is 6.40. The van der Waals surface area contributed by atoms with E-state index in [9.17, 15) is 27.6 Å². The standard InChI is InChI=1S/C20H22N4O8S/c1-31-9-8-21-18(26)13-4-3-5-15(10-13)33(29,30)24-19(27)14-6-7-16(22-11-14)20(28)23-12-17(25)32-2/h3-7,10-11H,8-9,12H2,1-2H3,(H,21,26)(H,23,28)(H,24,27). The zero-order valence-electron chi connectivity index (χ0n) is 17.8. The molecule has 1 aromatic heterocycles. The van der Waals surface area contributed by atoms with Crippen LogP contribution in [0.4, 0.5) is 0 Å². The normalized spacial score (nSPS) is 10.7. The topological polar surface area (TPSA) is 170 Å². The number of rotatable bonds is 10. The first kappa shape index (κ1) is 25.4. The molecule has 33 heavy (non-hydrogen) atoms. The zero-order valence-corrected chi connectivity index (χ0v) is 18.6. The van der Waals surface area contributed by atoms with Crippen molar-refractivity contribution >= 4 is 33.7 Å². The summed E-state index contributed by atoms with van der Waals surface area (Å²) in [4.78, 5) is 51.0. The number of pyridine rings is 1. The van der Waals surface area contributed by atoms with Gasteiger partial charge in [0.15, 0.2) is 0 Å². The molecule has 12 nitrogen and oxygen atoms in total. The summed E-state index contributed by atoms with van der Waals surface area (Å²) in [5.41, 5.74) is -0.132. The molecular weight excluding hydrogens is 456 g/mol. The van der Waals surface area contributed by atoms with Gasteiger partial charge in [0.05, 0.1) is 24.2 Å². The lowest BCUT2D eigenvalue weighted by atomic mass is 10.2. The van der Waals surface area contributed by atoms with Crippen LogP contribution < -0.4 is 15.4 Å². The smallest absolute Gasteiger partial charge is 0.325 e. The van der Waals surface area contributed by atoms with Crippen molar-refractivity contribution in [1.29, 1.82) is 0 Å². The molecule has 0 spiro atoms. The van der Waals surface area contributed by atoms with Crippen molar-refractivity contribution in [2.75, 3.05) is 33.9 Å². The Kier molecular flexibility index (Phi) is 9.00. The third-order valence-corrected chi connectivity index (χ3v) is 5.43. The molecule has 0 atom stereocenters. The highest BCUT2D eigenvalue weighted by atomic mass is 32.2. The highest BCUT2D eigenvalue weighted by molar-refractivity contribution is 7.90. The summed E-state index contributed by atoms with van der Waals surface area (Å²) in [6.07, 6.45) is 1.01. The van der Waals surface area contributed by atoms with E-state index in [4.69, 9.17) is 4.74 Å². The van der Waals surface area contributed by atoms with E-state index in [1.807, 2.05) is 4.72 Å². The third kappa shape index (κ3) is 7.36. The van der Waals surface area contributed by atoms with Crippen molar-refractivity contribution < 1.29 is 37.1 Å². The second kappa shape index (κ2) is 11.7. The van der Waals surface area contributed by atoms with E-state index in [-0.39, 0.29) is 34.8 Å². The van der Waals surface area contributed by atoms with Crippen LogP contribution in [0.3, 0.4) is 0 Å². The van der Waals surface area contributed by atoms with Gasteiger partial charge >= 0.3 is 5.97 Å². The number of nitrogens with one attached hydrogen (secondary N) is 3. The highest BCUT2D eigenvalue weighted by Crippen LogP contribution is 2.12.